The van der Waals surface area contributed by atoms with Crippen LogP contribution in [0.25, 0.3) is 0 Å². The van der Waals surface area contributed by atoms with E-state index < -0.39 is 5.82 Å². The third kappa shape index (κ3) is 5.17. The minimum absolute atomic E-state index is 0. The Morgan fingerprint density at radius 2 is 1.58 bits per heavy atom. The predicted octanol–water partition coefficient (Wildman–Crippen LogP) is -0.393. The molecule has 9 heteroatoms. The first-order valence-corrected chi connectivity index (χ1v) is 7.30. The second-order valence-electron chi connectivity index (χ2n) is 5.16. The molecule has 0 radical (unpaired) electrons. The van der Waals surface area contributed by atoms with Gasteiger partial charge in [-0.3, -0.25) is 14.4 Å². The molecular weight excluding hydrogens is 339 g/mol. The van der Waals surface area contributed by atoms with Gasteiger partial charge in [-0.25, -0.2) is 4.39 Å². The van der Waals surface area contributed by atoms with Crippen LogP contribution in [0.1, 0.15) is 10.4 Å². The van der Waals surface area contributed by atoms with Crippen molar-refractivity contribution in [2.45, 2.75) is 0 Å². The minimum Gasteiger partial charge on any atom is -0.346 e. The Morgan fingerprint density at radius 1 is 1.04 bits per heavy atom. The maximum atomic E-state index is 12.9. The van der Waals surface area contributed by atoms with E-state index in [9.17, 15) is 18.8 Å². The summed E-state index contributed by atoms with van der Waals surface area (Å²) in [7, 11) is 0. The number of benzene rings is 1. The average Bonchev–Trinajstić information content (AvgIpc) is 2.59. The van der Waals surface area contributed by atoms with Gasteiger partial charge >= 0.3 is 0 Å². The number of carbonyl (C=O) groups is 3. The second kappa shape index (κ2) is 9.19. The Hall–Kier alpha value is -2.19. The van der Waals surface area contributed by atoms with Crippen LogP contribution < -0.4 is 11.1 Å². The van der Waals surface area contributed by atoms with Crippen LogP contribution in [0.4, 0.5) is 4.39 Å². The molecule has 0 bridgehead atoms. The molecule has 0 spiro atoms. The highest BCUT2D eigenvalue weighted by molar-refractivity contribution is 5.94. The molecule has 0 unspecified atom stereocenters. The summed E-state index contributed by atoms with van der Waals surface area (Å²) in [6.45, 7) is 1.32. The molecule has 1 fully saturated rings. The number of halogens is 2. The topological polar surface area (TPSA) is 95.7 Å². The third-order valence-corrected chi connectivity index (χ3v) is 3.63. The third-order valence-electron chi connectivity index (χ3n) is 3.63. The number of hydrogen-bond acceptors (Lipinski definition) is 4. The molecule has 0 saturated carbocycles. The van der Waals surface area contributed by atoms with Gasteiger partial charge in [-0.15, -0.1) is 12.4 Å². The first-order valence-electron chi connectivity index (χ1n) is 7.30. The van der Waals surface area contributed by atoms with Crippen molar-refractivity contribution in [1.82, 2.24) is 15.1 Å². The van der Waals surface area contributed by atoms with E-state index in [1.165, 1.54) is 24.3 Å². The number of nitrogens with zero attached hydrogens (tertiary/aromatic N) is 2. The molecule has 0 aromatic heterocycles. The maximum absolute atomic E-state index is 12.9. The maximum Gasteiger partial charge on any atom is 0.253 e. The molecule has 7 nitrogen and oxygen atoms in total. The Morgan fingerprint density at radius 3 is 2.12 bits per heavy atom. The number of nitrogens with two attached hydrogens (primary N) is 1. The fourth-order valence-corrected chi connectivity index (χ4v) is 2.29. The molecule has 2 rings (SSSR count). The molecule has 24 heavy (non-hydrogen) atoms. The van der Waals surface area contributed by atoms with Crippen molar-refractivity contribution in [2.75, 3.05) is 39.3 Å². The zero-order valence-electron chi connectivity index (χ0n) is 13.0. The molecule has 1 aliphatic heterocycles. The molecule has 132 valence electrons. The van der Waals surface area contributed by atoms with Gasteiger partial charge in [0.2, 0.25) is 11.8 Å². The van der Waals surface area contributed by atoms with Gasteiger partial charge in [0.15, 0.2) is 0 Å². The number of hydrogen-bond donors (Lipinski definition) is 2. The van der Waals surface area contributed by atoms with Crippen LogP contribution in [-0.2, 0) is 9.59 Å². The van der Waals surface area contributed by atoms with Crippen molar-refractivity contribution in [3.05, 3.63) is 35.6 Å². The van der Waals surface area contributed by atoms with Crippen LogP contribution in [0.3, 0.4) is 0 Å². The van der Waals surface area contributed by atoms with E-state index >= 15 is 0 Å². The van der Waals surface area contributed by atoms with E-state index in [-0.39, 0.29) is 43.2 Å². The lowest BCUT2D eigenvalue weighted by Crippen LogP contribution is -2.52. The fourth-order valence-electron chi connectivity index (χ4n) is 2.29. The standard InChI is InChI=1S/C15H19FN4O3.ClH/c16-12-3-1-11(2-4-12)15(23)20-7-5-19(6-8-20)14(22)10-18-13(21)9-17;/h1-4H,5-10,17H2,(H,18,21);1H. The van der Waals surface area contributed by atoms with Crippen LogP contribution >= 0.6 is 12.4 Å². The van der Waals surface area contributed by atoms with Gasteiger partial charge in [0, 0.05) is 31.7 Å². The average molecular weight is 359 g/mol. The Kier molecular flexibility index (Phi) is 7.60. The molecule has 1 saturated heterocycles. The summed E-state index contributed by atoms with van der Waals surface area (Å²) in [4.78, 5) is 38.4. The van der Waals surface area contributed by atoms with Crippen molar-refractivity contribution in [2.24, 2.45) is 5.73 Å². The van der Waals surface area contributed by atoms with E-state index in [0.717, 1.165) is 0 Å². The van der Waals surface area contributed by atoms with Gasteiger partial charge in [-0.2, -0.15) is 0 Å². The number of carbonyl (C=O) groups excluding carboxylic acids is 3. The van der Waals surface area contributed by atoms with E-state index in [1.807, 2.05) is 0 Å². The molecule has 1 aromatic carbocycles. The molecule has 1 heterocycles. The van der Waals surface area contributed by atoms with Crippen molar-refractivity contribution in [3.8, 4) is 0 Å². The lowest BCUT2D eigenvalue weighted by Gasteiger charge is -2.34. The number of rotatable bonds is 4. The number of amides is 3. The molecule has 3 amide bonds. The Balaban J connectivity index is 0.00000288. The van der Waals surface area contributed by atoms with Gasteiger partial charge in [0.25, 0.3) is 5.91 Å². The van der Waals surface area contributed by atoms with E-state index in [0.29, 0.717) is 31.7 Å². The molecular formula is C15H20ClFN4O3. The van der Waals surface area contributed by atoms with Crippen molar-refractivity contribution in [1.29, 1.82) is 0 Å². The molecule has 0 aliphatic carbocycles. The Labute approximate surface area is 145 Å². The summed E-state index contributed by atoms with van der Waals surface area (Å²) in [5, 5.41) is 2.42. The van der Waals surface area contributed by atoms with Crippen molar-refractivity contribution >= 4 is 30.1 Å². The van der Waals surface area contributed by atoms with E-state index in [4.69, 9.17) is 5.73 Å². The SMILES string of the molecule is Cl.NCC(=O)NCC(=O)N1CCN(C(=O)c2ccc(F)cc2)CC1. The lowest BCUT2D eigenvalue weighted by atomic mass is 10.2. The summed E-state index contributed by atoms with van der Waals surface area (Å²) < 4.78 is 12.9. The quantitative estimate of drug-likeness (QED) is 0.766. The summed E-state index contributed by atoms with van der Waals surface area (Å²) in [5.74, 6) is -1.17. The number of nitrogens with one attached hydrogen (secondary N) is 1. The van der Waals surface area contributed by atoms with Crippen LogP contribution in [0.5, 0.6) is 0 Å². The zero-order valence-corrected chi connectivity index (χ0v) is 13.9. The van der Waals surface area contributed by atoms with Crippen LogP contribution in [0.15, 0.2) is 24.3 Å². The van der Waals surface area contributed by atoms with Crippen LogP contribution in [0.2, 0.25) is 0 Å². The summed E-state index contributed by atoms with van der Waals surface area (Å²) >= 11 is 0. The fraction of sp³-hybridized carbons (Fsp3) is 0.400. The minimum atomic E-state index is -0.392. The highest BCUT2D eigenvalue weighted by atomic mass is 35.5. The first kappa shape index (κ1) is 19.9. The van der Waals surface area contributed by atoms with Gasteiger partial charge in [-0.05, 0) is 24.3 Å². The van der Waals surface area contributed by atoms with Gasteiger partial charge in [0.1, 0.15) is 5.82 Å². The monoisotopic (exact) mass is 358 g/mol. The van der Waals surface area contributed by atoms with E-state index in [2.05, 4.69) is 5.32 Å². The van der Waals surface area contributed by atoms with Crippen molar-refractivity contribution in [3.63, 3.8) is 0 Å². The summed E-state index contributed by atoms with van der Waals surface area (Å²) in [6.07, 6.45) is 0. The Bertz CT molecular complexity index is 589. The number of piperazine rings is 1. The lowest BCUT2D eigenvalue weighted by molar-refractivity contribution is -0.133. The highest BCUT2D eigenvalue weighted by Gasteiger charge is 2.24. The smallest absolute Gasteiger partial charge is 0.253 e. The first-order chi connectivity index (χ1) is 11.0. The van der Waals surface area contributed by atoms with Crippen LogP contribution in [0, 0.1) is 5.82 Å². The van der Waals surface area contributed by atoms with Crippen molar-refractivity contribution < 1.29 is 18.8 Å². The summed E-state index contributed by atoms with van der Waals surface area (Å²) in [6, 6.07) is 5.37. The van der Waals surface area contributed by atoms with Crippen LogP contribution in [-0.4, -0.2) is 66.8 Å². The highest BCUT2D eigenvalue weighted by Crippen LogP contribution is 2.10. The molecule has 3 N–H and O–H groups in total. The van der Waals surface area contributed by atoms with Gasteiger partial charge in [-0.1, -0.05) is 0 Å². The van der Waals surface area contributed by atoms with Gasteiger partial charge < -0.3 is 20.9 Å². The normalized spacial score (nSPS) is 13.9. The zero-order chi connectivity index (χ0) is 16.8. The molecule has 1 aliphatic rings. The second-order valence-corrected chi connectivity index (χ2v) is 5.16. The largest absolute Gasteiger partial charge is 0.346 e. The van der Waals surface area contributed by atoms with E-state index in [1.54, 1.807) is 9.80 Å². The van der Waals surface area contributed by atoms with Gasteiger partial charge in [0.05, 0.1) is 13.1 Å². The molecule has 1 aromatic rings. The molecule has 0 atom stereocenters. The summed E-state index contributed by atoms with van der Waals surface area (Å²) in [5.41, 5.74) is 5.57. The predicted molar refractivity (Wildman–Crippen MR) is 88.2 cm³/mol.